The Kier molecular flexibility index (Phi) is 4.45. The van der Waals surface area contributed by atoms with Crippen molar-refractivity contribution in [2.24, 2.45) is 0 Å². The van der Waals surface area contributed by atoms with E-state index in [1.165, 1.54) is 0 Å². The number of aromatic carboxylic acids is 1. The van der Waals surface area contributed by atoms with E-state index in [1.54, 1.807) is 6.07 Å². The summed E-state index contributed by atoms with van der Waals surface area (Å²) in [6.45, 7) is 2.56. The fourth-order valence-corrected chi connectivity index (χ4v) is 2.37. The van der Waals surface area contributed by atoms with Gasteiger partial charge in [0.1, 0.15) is 0 Å². The van der Waals surface area contributed by atoms with Crippen LogP contribution in [0.4, 0.5) is 5.69 Å². The number of hydrogen-bond acceptors (Lipinski definition) is 2. The number of anilines is 1. The lowest BCUT2D eigenvalue weighted by Gasteiger charge is -2.21. The minimum Gasteiger partial charge on any atom is -0.478 e. The van der Waals surface area contributed by atoms with Gasteiger partial charge in [-0.15, -0.1) is 0 Å². The molecule has 104 valence electrons. The van der Waals surface area contributed by atoms with Gasteiger partial charge in [-0.25, -0.2) is 4.79 Å². The van der Waals surface area contributed by atoms with E-state index in [0.29, 0.717) is 12.1 Å². The van der Waals surface area contributed by atoms with Gasteiger partial charge in [-0.3, -0.25) is 0 Å². The second-order valence-electron chi connectivity index (χ2n) is 4.81. The van der Waals surface area contributed by atoms with Crippen molar-refractivity contribution < 1.29 is 9.90 Å². The first-order valence-electron chi connectivity index (χ1n) is 6.27. The summed E-state index contributed by atoms with van der Waals surface area (Å²) < 4.78 is 1.03. The highest BCUT2D eigenvalue weighted by Crippen LogP contribution is 2.23. The number of carboxylic acid groups (broad SMARTS) is 1. The largest absolute Gasteiger partial charge is 0.478 e. The van der Waals surface area contributed by atoms with Crippen molar-refractivity contribution in [3.8, 4) is 0 Å². The number of carboxylic acids is 1. The molecule has 0 aromatic heterocycles. The Labute approximate surface area is 127 Å². The maximum Gasteiger partial charge on any atom is 0.337 e. The molecule has 0 aliphatic rings. The van der Waals surface area contributed by atoms with E-state index in [9.17, 15) is 9.90 Å². The van der Waals surface area contributed by atoms with E-state index in [0.717, 1.165) is 21.3 Å². The van der Waals surface area contributed by atoms with Crippen LogP contribution in [0.1, 0.15) is 21.5 Å². The fraction of sp³-hybridized carbons (Fsp3) is 0.188. The SMILES string of the molecule is Cc1ccc(N(C)Cc2ccc(Br)cc2)c(C(=O)O)c1. The van der Waals surface area contributed by atoms with Crippen molar-refractivity contribution in [3.05, 3.63) is 63.6 Å². The van der Waals surface area contributed by atoms with Crippen LogP contribution in [0.15, 0.2) is 46.9 Å². The lowest BCUT2D eigenvalue weighted by atomic mass is 10.1. The van der Waals surface area contributed by atoms with Crippen molar-refractivity contribution >= 4 is 27.6 Å². The molecule has 0 amide bonds. The number of benzene rings is 2. The first-order valence-corrected chi connectivity index (χ1v) is 7.06. The highest BCUT2D eigenvalue weighted by molar-refractivity contribution is 9.10. The molecule has 2 aromatic rings. The summed E-state index contributed by atoms with van der Waals surface area (Å²) in [5, 5.41) is 9.31. The predicted octanol–water partition coefficient (Wildman–Crippen LogP) is 4.09. The zero-order chi connectivity index (χ0) is 14.7. The van der Waals surface area contributed by atoms with E-state index in [-0.39, 0.29) is 0 Å². The topological polar surface area (TPSA) is 40.5 Å². The molecule has 3 nitrogen and oxygen atoms in total. The third-order valence-electron chi connectivity index (χ3n) is 3.13. The Bertz CT molecular complexity index is 623. The van der Waals surface area contributed by atoms with Crippen molar-refractivity contribution in [2.75, 3.05) is 11.9 Å². The van der Waals surface area contributed by atoms with Crippen LogP contribution in [-0.4, -0.2) is 18.1 Å². The highest BCUT2D eigenvalue weighted by atomic mass is 79.9. The molecule has 0 bridgehead atoms. The van der Waals surface area contributed by atoms with Crippen molar-refractivity contribution in [2.45, 2.75) is 13.5 Å². The van der Waals surface area contributed by atoms with Crippen molar-refractivity contribution in [3.63, 3.8) is 0 Å². The zero-order valence-electron chi connectivity index (χ0n) is 11.4. The Hall–Kier alpha value is -1.81. The standard InChI is InChI=1S/C16H16BrNO2/c1-11-3-8-15(14(9-11)16(19)20)18(2)10-12-4-6-13(17)7-5-12/h3-9H,10H2,1-2H3,(H,19,20). The van der Waals surface area contributed by atoms with E-state index in [4.69, 9.17) is 0 Å². The van der Waals surface area contributed by atoms with Gasteiger partial charge in [-0.1, -0.05) is 39.7 Å². The molecule has 0 unspecified atom stereocenters. The van der Waals surface area contributed by atoms with E-state index in [2.05, 4.69) is 15.9 Å². The molecule has 4 heteroatoms. The fourth-order valence-electron chi connectivity index (χ4n) is 2.10. The minimum atomic E-state index is -0.897. The molecule has 0 saturated carbocycles. The van der Waals surface area contributed by atoms with Gasteiger partial charge in [-0.2, -0.15) is 0 Å². The van der Waals surface area contributed by atoms with Gasteiger partial charge in [0, 0.05) is 18.1 Å². The molecule has 0 fully saturated rings. The van der Waals surface area contributed by atoms with E-state index < -0.39 is 5.97 Å². The lowest BCUT2D eigenvalue weighted by molar-refractivity contribution is 0.0697. The molecule has 0 atom stereocenters. The molecular formula is C16H16BrNO2. The van der Waals surface area contributed by atoms with Gasteiger partial charge in [0.15, 0.2) is 0 Å². The molecule has 2 rings (SSSR count). The summed E-state index contributed by atoms with van der Waals surface area (Å²) in [5.41, 5.74) is 3.14. The Morgan fingerprint density at radius 2 is 1.85 bits per heavy atom. The molecule has 0 aliphatic heterocycles. The number of rotatable bonds is 4. The molecule has 0 radical (unpaired) electrons. The lowest BCUT2D eigenvalue weighted by Crippen LogP contribution is -2.19. The molecule has 0 saturated heterocycles. The quantitative estimate of drug-likeness (QED) is 0.915. The van der Waals surface area contributed by atoms with Gasteiger partial charge in [-0.05, 0) is 36.8 Å². The van der Waals surface area contributed by atoms with Gasteiger partial charge >= 0.3 is 5.97 Å². The van der Waals surface area contributed by atoms with Gasteiger partial charge < -0.3 is 10.0 Å². The highest BCUT2D eigenvalue weighted by Gasteiger charge is 2.13. The third kappa shape index (κ3) is 3.39. The molecule has 2 aromatic carbocycles. The van der Waals surface area contributed by atoms with Crippen LogP contribution in [-0.2, 0) is 6.54 Å². The first-order chi connectivity index (χ1) is 9.47. The molecule has 0 aliphatic carbocycles. The number of aryl methyl sites for hydroxylation is 1. The predicted molar refractivity (Wildman–Crippen MR) is 84.4 cm³/mol. The number of carbonyl (C=O) groups is 1. The molecule has 20 heavy (non-hydrogen) atoms. The Morgan fingerprint density at radius 1 is 1.20 bits per heavy atom. The minimum absolute atomic E-state index is 0.338. The summed E-state index contributed by atoms with van der Waals surface area (Å²) in [7, 11) is 1.90. The molecular weight excluding hydrogens is 318 g/mol. The van der Waals surface area contributed by atoms with Gasteiger partial charge in [0.2, 0.25) is 0 Å². The maximum atomic E-state index is 11.3. The second kappa shape index (κ2) is 6.09. The summed E-state index contributed by atoms with van der Waals surface area (Å²) >= 11 is 3.40. The molecule has 0 heterocycles. The van der Waals surface area contributed by atoms with Crippen LogP contribution in [0.2, 0.25) is 0 Å². The summed E-state index contributed by atoms with van der Waals surface area (Å²) in [6.07, 6.45) is 0. The first kappa shape index (κ1) is 14.6. The van der Waals surface area contributed by atoms with Crippen LogP contribution < -0.4 is 4.90 Å². The summed E-state index contributed by atoms with van der Waals surface area (Å²) in [5.74, 6) is -0.897. The average Bonchev–Trinajstić information content (AvgIpc) is 2.41. The van der Waals surface area contributed by atoms with Crippen LogP contribution in [0.3, 0.4) is 0 Å². The monoisotopic (exact) mass is 333 g/mol. The molecule has 0 spiro atoms. The zero-order valence-corrected chi connectivity index (χ0v) is 13.0. The van der Waals surface area contributed by atoms with E-state index >= 15 is 0 Å². The van der Waals surface area contributed by atoms with Crippen LogP contribution in [0, 0.1) is 6.92 Å². The van der Waals surface area contributed by atoms with Crippen LogP contribution in [0.5, 0.6) is 0 Å². The normalized spacial score (nSPS) is 10.3. The van der Waals surface area contributed by atoms with Crippen LogP contribution >= 0.6 is 15.9 Å². The van der Waals surface area contributed by atoms with Gasteiger partial charge in [0.25, 0.3) is 0 Å². The number of nitrogens with zero attached hydrogens (tertiary/aromatic N) is 1. The van der Waals surface area contributed by atoms with Gasteiger partial charge in [0.05, 0.1) is 11.3 Å². The summed E-state index contributed by atoms with van der Waals surface area (Å²) in [4.78, 5) is 13.3. The third-order valence-corrected chi connectivity index (χ3v) is 3.66. The number of hydrogen-bond donors (Lipinski definition) is 1. The molecule has 1 N–H and O–H groups in total. The Morgan fingerprint density at radius 3 is 2.45 bits per heavy atom. The second-order valence-corrected chi connectivity index (χ2v) is 5.72. The van der Waals surface area contributed by atoms with Crippen molar-refractivity contribution in [1.29, 1.82) is 0 Å². The van der Waals surface area contributed by atoms with Crippen LogP contribution in [0.25, 0.3) is 0 Å². The maximum absolute atomic E-state index is 11.3. The smallest absolute Gasteiger partial charge is 0.337 e. The van der Waals surface area contributed by atoms with Crippen molar-refractivity contribution in [1.82, 2.24) is 0 Å². The average molecular weight is 334 g/mol. The number of halogens is 1. The summed E-state index contributed by atoms with van der Waals surface area (Å²) in [6, 6.07) is 13.5. The van der Waals surface area contributed by atoms with E-state index in [1.807, 2.05) is 55.3 Å². The Balaban J connectivity index is 2.27.